The quantitative estimate of drug-likeness (QED) is 0.635. The average Bonchev–Trinajstić information content (AvgIpc) is 3.29. The summed E-state index contributed by atoms with van der Waals surface area (Å²) in [5.41, 5.74) is 9.09. The first-order valence-corrected chi connectivity index (χ1v) is 10.9. The molecule has 3 N–H and O–H groups in total. The van der Waals surface area contributed by atoms with Gasteiger partial charge in [0.15, 0.2) is 5.78 Å². The number of carbonyl (C=O) groups excluding carboxylic acids is 2. The molecule has 2 aromatic rings. The summed E-state index contributed by atoms with van der Waals surface area (Å²) in [7, 11) is 1.82. The molecule has 0 radical (unpaired) electrons. The topological polar surface area (TPSA) is 75.4 Å². The van der Waals surface area contributed by atoms with Crippen LogP contribution in [0.1, 0.15) is 42.4 Å². The van der Waals surface area contributed by atoms with E-state index in [0.29, 0.717) is 25.9 Å². The molecule has 1 amide bonds. The van der Waals surface area contributed by atoms with E-state index in [-0.39, 0.29) is 23.8 Å². The Morgan fingerprint density at radius 2 is 1.70 bits per heavy atom. The standard InChI is InChI=1S/C25H33N3O2/c1-27-22(15-13-19-6-3-2-4-7-19)25(30)28-17-5-8-23(28)24(29)16-14-20-9-11-21(18-26)12-10-20/h2-4,6-7,9-12,22-23,27H,5,8,13-18,26H2,1H3/t22-,23+/m1/s1. The number of rotatable bonds is 10. The van der Waals surface area contributed by atoms with Crippen LogP contribution in [0.4, 0.5) is 0 Å². The number of hydrogen-bond donors (Lipinski definition) is 2. The zero-order chi connectivity index (χ0) is 21.3. The summed E-state index contributed by atoms with van der Waals surface area (Å²) in [6, 6.07) is 17.7. The van der Waals surface area contributed by atoms with Crippen molar-refractivity contribution in [3.8, 4) is 0 Å². The predicted octanol–water partition coefficient (Wildman–Crippen LogP) is 2.86. The number of benzene rings is 2. The molecular weight excluding hydrogens is 374 g/mol. The molecule has 1 saturated heterocycles. The van der Waals surface area contributed by atoms with Gasteiger partial charge in [0.25, 0.3) is 0 Å². The lowest BCUT2D eigenvalue weighted by molar-refractivity contribution is -0.139. The molecule has 0 unspecified atom stereocenters. The molecule has 5 heteroatoms. The van der Waals surface area contributed by atoms with Gasteiger partial charge in [0.05, 0.1) is 12.1 Å². The van der Waals surface area contributed by atoms with Gasteiger partial charge in [-0.15, -0.1) is 0 Å². The smallest absolute Gasteiger partial charge is 0.240 e. The number of nitrogens with two attached hydrogens (primary N) is 1. The van der Waals surface area contributed by atoms with Gasteiger partial charge in [-0.25, -0.2) is 0 Å². The number of likely N-dealkylation sites (tertiary alicyclic amines) is 1. The fourth-order valence-corrected chi connectivity index (χ4v) is 4.19. The molecule has 0 spiro atoms. The average molecular weight is 408 g/mol. The molecule has 1 fully saturated rings. The number of likely N-dealkylation sites (N-methyl/N-ethyl adjacent to an activating group) is 1. The van der Waals surface area contributed by atoms with Crippen molar-refractivity contribution in [3.05, 3.63) is 71.3 Å². The second kappa shape index (κ2) is 11.0. The second-order valence-electron chi connectivity index (χ2n) is 8.04. The van der Waals surface area contributed by atoms with Crippen molar-refractivity contribution in [1.29, 1.82) is 0 Å². The molecule has 0 aliphatic carbocycles. The third-order valence-electron chi connectivity index (χ3n) is 6.04. The van der Waals surface area contributed by atoms with Crippen LogP contribution in [0.5, 0.6) is 0 Å². The number of Topliss-reactive ketones (excluding diaryl/α,β-unsaturated/α-hetero) is 1. The van der Waals surface area contributed by atoms with Gasteiger partial charge in [0.1, 0.15) is 0 Å². The van der Waals surface area contributed by atoms with Gasteiger partial charge in [-0.05, 0) is 55.8 Å². The SMILES string of the molecule is CN[C@H](CCc1ccccc1)C(=O)N1CCC[C@H]1C(=O)CCc1ccc(CN)cc1. The number of nitrogens with zero attached hydrogens (tertiary/aromatic N) is 1. The number of carbonyl (C=O) groups is 2. The number of aryl methyl sites for hydroxylation is 2. The fourth-order valence-electron chi connectivity index (χ4n) is 4.19. The van der Waals surface area contributed by atoms with Gasteiger partial charge in [-0.3, -0.25) is 9.59 Å². The molecule has 2 atom stereocenters. The van der Waals surface area contributed by atoms with Gasteiger partial charge in [0.2, 0.25) is 5.91 Å². The minimum Gasteiger partial charge on any atom is -0.331 e. The summed E-state index contributed by atoms with van der Waals surface area (Å²) >= 11 is 0. The van der Waals surface area contributed by atoms with E-state index in [4.69, 9.17) is 5.73 Å². The zero-order valence-electron chi connectivity index (χ0n) is 17.8. The molecule has 30 heavy (non-hydrogen) atoms. The van der Waals surface area contributed by atoms with Crippen molar-refractivity contribution in [2.75, 3.05) is 13.6 Å². The maximum absolute atomic E-state index is 13.2. The normalized spacial score (nSPS) is 17.1. The number of ketones is 1. The summed E-state index contributed by atoms with van der Waals surface area (Å²) < 4.78 is 0. The summed E-state index contributed by atoms with van der Waals surface area (Å²) in [6.07, 6.45) is 4.39. The van der Waals surface area contributed by atoms with Gasteiger partial charge >= 0.3 is 0 Å². The highest BCUT2D eigenvalue weighted by Crippen LogP contribution is 2.22. The van der Waals surface area contributed by atoms with Crippen LogP contribution in [0, 0.1) is 0 Å². The second-order valence-corrected chi connectivity index (χ2v) is 8.04. The highest BCUT2D eigenvalue weighted by molar-refractivity contribution is 5.91. The van der Waals surface area contributed by atoms with Gasteiger partial charge in [0, 0.05) is 19.5 Å². The maximum Gasteiger partial charge on any atom is 0.240 e. The predicted molar refractivity (Wildman–Crippen MR) is 120 cm³/mol. The monoisotopic (exact) mass is 407 g/mol. The van der Waals surface area contributed by atoms with Crippen LogP contribution in [0.15, 0.2) is 54.6 Å². The summed E-state index contributed by atoms with van der Waals surface area (Å²) in [5, 5.41) is 3.16. The minimum atomic E-state index is -0.284. The van der Waals surface area contributed by atoms with Crippen molar-refractivity contribution in [1.82, 2.24) is 10.2 Å². The lowest BCUT2D eigenvalue weighted by Crippen LogP contribution is -2.49. The Bertz CT molecular complexity index is 820. The van der Waals surface area contributed by atoms with Crippen LogP contribution < -0.4 is 11.1 Å². The summed E-state index contributed by atoms with van der Waals surface area (Å²) in [6.45, 7) is 1.19. The first kappa shape index (κ1) is 22.2. The third kappa shape index (κ3) is 5.77. The van der Waals surface area contributed by atoms with E-state index in [1.807, 2.05) is 54.4 Å². The van der Waals surface area contributed by atoms with Crippen LogP contribution in [0.25, 0.3) is 0 Å². The molecule has 5 nitrogen and oxygen atoms in total. The van der Waals surface area contributed by atoms with E-state index in [2.05, 4.69) is 17.4 Å². The molecule has 0 aromatic heterocycles. The summed E-state index contributed by atoms with van der Waals surface area (Å²) in [4.78, 5) is 27.9. The van der Waals surface area contributed by atoms with Crippen LogP contribution >= 0.6 is 0 Å². The van der Waals surface area contributed by atoms with E-state index in [9.17, 15) is 9.59 Å². The highest BCUT2D eigenvalue weighted by Gasteiger charge is 2.36. The Balaban J connectivity index is 1.55. The van der Waals surface area contributed by atoms with Crippen LogP contribution in [0.3, 0.4) is 0 Å². The van der Waals surface area contributed by atoms with Gasteiger partial charge in [-0.1, -0.05) is 54.6 Å². The zero-order valence-corrected chi connectivity index (χ0v) is 17.8. The van der Waals surface area contributed by atoms with Crippen molar-refractivity contribution < 1.29 is 9.59 Å². The minimum absolute atomic E-state index is 0.0524. The summed E-state index contributed by atoms with van der Waals surface area (Å²) in [5.74, 6) is 0.221. The van der Waals surface area contributed by atoms with Crippen molar-refractivity contribution in [2.24, 2.45) is 5.73 Å². The van der Waals surface area contributed by atoms with Crippen LogP contribution in [-0.4, -0.2) is 42.3 Å². The van der Waals surface area contributed by atoms with E-state index in [0.717, 1.165) is 36.8 Å². The lowest BCUT2D eigenvalue weighted by Gasteiger charge is -2.28. The molecular formula is C25H33N3O2. The molecule has 2 aromatic carbocycles. The number of amides is 1. The van der Waals surface area contributed by atoms with Crippen molar-refractivity contribution >= 4 is 11.7 Å². The number of hydrogen-bond acceptors (Lipinski definition) is 4. The van der Waals surface area contributed by atoms with Crippen molar-refractivity contribution in [2.45, 2.75) is 57.2 Å². The largest absolute Gasteiger partial charge is 0.331 e. The van der Waals surface area contributed by atoms with Crippen molar-refractivity contribution in [3.63, 3.8) is 0 Å². The van der Waals surface area contributed by atoms with Crippen LogP contribution in [-0.2, 0) is 29.0 Å². The van der Waals surface area contributed by atoms with E-state index in [1.54, 1.807) is 0 Å². The number of nitrogens with one attached hydrogen (secondary N) is 1. The highest BCUT2D eigenvalue weighted by atomic mass is 16.2. The first-order chi connectivity index (χ1) is 14.6. The van der Waals surface area contributed by atoms with Gasteiger partial charge in [-0.2, -0.15) is 0 Å². The molecule has 160 valence electrons. The molecule has 1 heterocycles. The molecule has 3 rings (SSSR count). The molecule has 1 aliphatic rings. The fraction of sp³-hybridized carbons (Fsp3) is 0.440. The molecule has 1 aliphatic heterocycles. The first-order valence-electron chi connectivity index (χ1n) is 10.9. The Morgan fingerprint density at radius 1 is 1.03 bits per heavy atom. The maximum atomic E-state index is 13.2. The van der Waals surface area contributed by atoms with E-state index >= 15 is 0 Å². The Labute approximate surface area is 179 Å². The Hall–Kier alpha value is -2.50. The Morgan fingerprint density at radius 3 is 2.37 bits per heavy atom. The van der Waals surface area contributed by atoms with Gasteiger partial charge < -0.3 is 16.0 Å². The third-order valence-corrected chi connectivity index (χ3v) is 6.04. The van der Waals surface area contributed by atoms with Crippen LogP contribution in [0.2, 0.25) is 0 Å². The van der Waals surface area contributed by atoms with E-state index in [1.165, 1.54) is 5.56 Å². The molecule has 0 bridgehead atoms. The lowest BCUT2D eigenvalue weighted by atomic mass is 10.00. The van der Waals surface area contributed by atoms with E-state index < -0.39 is 0 Å². The Kier molecular flexibility index (Phi) is 8.17. The molecule has 0 saturated carbocycles.